The van der Waals surface area contributed by atoms with Gasteiger partial charge in [0.1, 0.15) is 0 Å². The van der Waals surface area contributed by atoms with Crippen molar-refractivity contribution in [3.8, 4) is 0 Å². The molecule has 0 bridgehead atoms. The second-order valence-electron chi connectivity index (χ2n) is 1.30. The molecule has 0 aliphatic carbocycles. The molecule has 1 N–H and O–H groups in total. The number of hydrogen-bond acceptors (Lipinski definition) is 1. The Morgan fingerprint density at radius 2 is 2.25 bits per heavy atom. The first-order valence-electron chi connectivity index (χ1n) is 1.49. The lowest BCUT2D eigenvalue weighted by Gasteiger charge is -1.65. The van der Waals surface area contributed by atoms with E-state index < -0.39 is 0 Å². The van der Waals surface area contributed by atoms with E-state index >= 15 is 0 Å². The van der Waals surface area contributed by atoms with Crippen LogP contribution in [0.15, 0.2) is 0 Å². The Bertz CT molecular complexity index is 42.0. The molecule has 0 spiro atoms. The first-order valence-corrected chi connectivity index (χ1v) is 3.09. The summed E-state index contributed by atoms with van der Waals surface area (Å²) in [4.78, 5) is 0. The van der Waals surface area contributed by atoms with Crippen LogP contribution >= 0.6 is 8.07 Å². The monoisotopic (exact) mass is 73.0 g/mol. The molecule has 0 aromatic carbocycles. The molecule has 2 saturated heterocycles. The fourth-order valence-corrected chi connectivity index (χ4v) is 1.32. The summed E-state index contributed by atoms with van der Waals surface area (Å²) in [6.07, 6.45) is 1.54. The number of rotatable bonds is 0. The van der Waals surface area contributed by atoms with Crippen LogP contribution in [0.5, 0.6) is 0 Å². The van der Waals surface area contributed by atoms with Crippen molar-refractivity contribution in [2.75, 3.05) is 6.16 Å². The molecule has 0 aromatic rings. The highest BCUT2D eigenvalue weighted by molar-refractivity contribution is 7.72. The molecule has 1 nitrogen and oxygen atoms in total. The summed E-state index contributed by atoms with van der Waals surface area (Å²) in [5.41, 5.74) is 0. The number of hydrogen-bond donors (Lipinski definition) is 1. The summed E-state index contributed by atoms with van der Waals surface area (Å²) in [5.74, 6) is 1.06. The van der Waals surface area contributed by atoms with Crippen molar-refractivity contribution in [2.45, 2.75) is 5.78 Å². The molecule has 0 radical (unpaired) electrons. The van der Waals surface area contributed by atoms with Gasteiger partial charge in [0, 0.05) is 11.9 Å². The van der Waals surface area contributed by atoms with Gasteiger partial charge >= 0.3 is 0 Å². The molecule has 4 heavy (non-hydrogen) atoms. The minimum Gasteiger partial charge on any atom is -0.286 e. The molecule has 0 aromatic heterocycles. The summed E-state index contributed by atoms with van der Waals surface area (Å²) in [6, 6.07) is 0. The number of nitrogens with one attached hydrogen (secondary N) is 1. The van der Waals surface area contributed by atoms with E-state index in [4.69, 9.17) is 0 Å². The fourth-order valence-electron chi connectivity index (χ4n) is 0.278. The second kappa shape index (κ2) is 0.275. The van der Waals surface area contributed by atoms with Crippen molar-refractivity contribution in [2.24, 2.45) is 0 Å². The molecular formula is C2H4NP. The third kappa shape index (κ3) is 0.0656. The van der Waals surface area contributed by atoms with E-state index in [9.17, 15) is 0 Å². The van der Waals surface area contributed by atoms with Crippen LogP contribution in [0, 0.1) is 0 Å². The SMILES string of the molecule is C1C2NP12. The predicted molar refractivity (Wildman–Crippen MR) is 18.7 cm³/mol. The van der Waals surface area contributed by atoms with Gasteiger partial charge in [0.2, 0.25) is 0 Å². The molecule has 2 atom stereocenters. The molecule has 0 saturated carbocycles. The van der Waals surface area contributed by atoms with Gasteiger partial charge in [-0.3, -0.25) is 5.09 Å². The summed E-state index contributed by atoms with van der Waals surface area (Å²) < 4.78 is 0. The minimum atomic E-state index is 0.546. The third-order valence-corrected chi connectivity index (χ3v) is 2.58. The van der Waals surface area contributed by atoms with Crippen LogP contribution in [0.1, 0.15) is 0 Å². The Morgan fingerprint density at radius 3 is 2.25 bits per heavy atom. The van der Waals surface area contributed by atoms with Gasteiger partial charge in [-0.05, 0) is 8.07 Å². The summed E-state index contributed by atoms with van der Waals surface area (Å²) >= 11 is 0. The molecule has 0 amide bonds. The van der Waals surface area contributed by atoms with Crippen LogP contribution in [-0.4, -0.2) is 11.9 Å². The maximum absolute atomic E-state index is 3.26. The first kappa shape index (κ1) is 1.74. The maximum Gasteiger partial charge on any atom is 0.0490 e. The van der Waals surface area contributed by atoms with Gasteiger partial charge in [0.15, 0.2) is 0 Å². The van der Waals surface area contributed by atoms with Crippen LogP contribution in [0.4, 0.5) is 0 Å². The van der Waals surface area contributed by atoms with E-state index in [2.05, 4.69) is 5.09 Å². The average Bonchev–Trinajstić information content (AvgIpc) is 1.36. The van der Waals surface area contributed by atoms with Crippen LogP contribution in [0.3, 0.4) is 0 Å². The maximum atomic E-state index is 3.26. The summed E-state index contributed by atoms with van der Waals surface area (Å²) in [6.45, 7) is 0. The van der Waals surface area contributed by atoms with Crippen molar-refractivity contribution >= 4 is 8.07 Å². The van der Waals surface area contributed by atoms with Crippen molar-refractivity contribution in [1.29, 1.82) is 0 Å². The lowest BCUT2D eigenvalue weighted by molar-refractivity contribution is 1.11. The van der Waals surface area contributed by atoms with E-state index in [1.54, 1.807) is 0 Å². The van der Waals surface area contributed by atoms with E-state index in [1.165, 1.54) is 6.16 Å². The molecule has 2 heterocycles. The standard InChI is InChI=1S/C2H4NP/c1-2-3-4(1)2/h2-3H,1H2. The molecule has 2 aliphatic rings. The molecule has 2 heteroatoms. The molecule has 22 valence electrons. The Labute approximate surface area is 26.2 Å². The van der Waals surface area contributed by atoms with Crippen LogP contribution in [0.2, 0.25) is 0 Å². The zero-order valence-electron chi connectivity index (χ0n) is 2.23. The average molecular weight is 73.0 g/mol. The highest BCUT2D eigenvalue weighted by Gasteiger charge is 2.52. The van der Waals surface area contributed by atoms with Crippen LogP contribution in [0.25, 0.3) is 0 Å². The number of fused-ring (bicyclic) bond motifs is 1. The van der Waals surface area contributed by atoms with Gasteiger partial charge < -0.3 is 0 Å². The Morgan fingerprint density at radius 1 is 2.00 bits per heavy atom. The van der Waals surface area contributed by atoms with Gasteiger partial charge in [-0.25, -0.2) is 0 Å². The molecule has 2 fully saturated rings. The summed E-state index contributed by atoms with van der Waals surface area (Å²) in [7, 11) is 0.546. The van der Waals surface area contributed by atoms with Gasteiger partial charge in [0.05, 0.1) is 0 Å². The highest BCUT2D eigenvalue weighted by Crippen LogP contribution is 2.69. The van der Waals surface area contributed by atoms with Gasteiger partial charge in [-0.15, -0.1) is 0 Å². The van der Waals surface area contributed by atoms with Crippen LogP contribution in [-0.2, 0) is 0 Å². The Balaban J connectivity index is 2.48. The second-order valence-corrected chi connectivity index (χ2v) is 3.48. The Hall–Kier alpha value is 0.390. The summed E-state index contributed by atoms with van der Waals surface area (Å²) in [5, 5.41) is 3.26. The van der Waals surface area contributed by atoms with Crippen molar-refractivity contribution < 1.29 is 0 Å². The smallest absolute Gasteiger partial charge is 0.0490 e. The van der Waals surface area contributed by atoms with Gasteiger partial charge in [-0.2, -0.15) is 0 Å². The zero-order valence-corrected chi connectivity index (χ0v) is 3.13. The van der Waals surface area contributed by atoms with Gasteiger partial charge in [-0.1, -0.05) is 0 Å². The largest absolute Gasteiger partial charge is 0.286 e. The van der Waals surface area contributed by atoms with Crippen molar-refractivity contribution in [3.63, 3.8) is 0 Å². The zero-order chi connectivity index (χ0) is 2.57. The normalized spacial score (nSPS) is 66.0. The molecule has 2 rings (SSSR count). The van der Waals surface area contributed by atoms with Crippen molar-refractivity contribution in [3.05, 3.63) is 0 Å². The fraction of sp³-hybridized carbons (Fsp3) is 1.00. The molecule has 2 aliphatic heterocycles. The predicted octanol–water partition coefficient (Wildman–Crippen LogP) is 0.326. The molecule has 2 unspecified atom stereocenters. The highest BCUT2D eigenvalue weighted by atomic mass is 31.1. The van der Waals surface area contributed by atoms with E-state index in [0.717, 1.165) is 5.78 Å². The van der Waals surface area contributed by atoms with E-state index in [-0.39, 0.29) is 0 Å². The minimum absolute atomic E-state index is 0.546. The van der Waals surface area contributed by atoms with Crippen molar-refractivity contribution in [1.82, 2.24) is 5.09 Å². The molecular weight excluding hydrogens is 69.0 g/mol. The Kier molecular flexibility index (Phi) is 0.119. The quantitative estimate of drug-likeness (QED) is 0.324. The van der Waals surface area contributed by atoms with E-state index in [0.29, 0.717) is 8.07 Å². The lowest BCUT2D eigenvalue weighted by atomic mass is 10.8. The lowest BCUT2D eigenvalue weighted by Crippen LogP contribution is -1.86. The van der Waals surface area contributed by atoms with Gasteiger partial charge in [0.25, 0.3) is 0 Å². The first-order chi connectivity index (χ1) is 1.97. The van der Waals surface area contributed by atoms with E-state index in [1.807, 2.05) is 0 Å². The third-order valence-electron chi connectivity index (χ3n) is 0.859. The van der Waals surface area contributed by atoms with Crippen LogP contribution < -0.4 is 5.09 Å². The topological polar surface area (TPSA) is 21.9 Å².